The van der Waals surface area contributed by atoms with Crippen molar-refractivity contribution in [2.24, 2.45) is 5.92 Å². The number of carbonyl (C=O) groups is 1. The number of benzene rings is 1. The van der Waals surface area contributed by atoms with E-state index in [2.05, 4.69) is 37.1 Å². The predicted molar refractivity (Wildman–Crippen MR) is 87.7 cm³/mol. The third-order valence-corrected chi connectivity index (χ3v) is 4.50. The highest BCUT2D eigenvalue weighted by Gasteiger charge is 2.22. The maximum atomic E-state index is 10.8. The number of nitrogens with zero attached hydrogens (tertiary/aromatic N) is 1. The van der Waals surface area contributed by atoms with Gasteiger partial charge in [-0.3, -0.25) is 0 Å². The van der Waals surface area contributed by atoms with Crippen molar-refractivity contribution in [3.8, 4) is 0 Å². The summed E-state index contributed by atoms with van der Waals surface area (Å²) in [6.07, 6.45) is 7.91. The summed E-state index contributed by atoms with van der Waals surface area (Å²) < 4.78 is 0. The van der Waals surface area contributed by atoms with Crippen molar-refractivity contribution < 1.29 is 9.90 Å². The second-order valence-corrected chi connectivity index (χ2v) is 6.26. The van der Waals surface area contributed by atoms with Crippen LogP contribution in [0.4, 0.5) is 5.69 Å². The van der Waals surface area contributed by atoms with E-state index < -0.39 is 5.97 Å². The summed E-state index contributed by atoms with van der Waals surface area (Å²) in [7, 11) is 2.13. The van der Waals surface area contributed by atoms with Gasteiger partial charge in [0.05, 0.1) is 0 Å². The van der Waals surface area contributed by atoms with Gasteiger partial charge < -0.3 is 10.0 Å². The van der Waals surface area contributed by atoms with Gasteiger partial charge in [-0.25, -0.2) is 4.79 Å². The fourth-order valence-electron chi connectivity index (χ4n) is 3.12. The minimum absolute atomic E-state index is 0.556. The van der Waals surface area contributed by atoms with Gasteiger partial charge in [0.25, 0.3) is 0 Å². The molecule has 2 rings (SSSR count). The molecule has 0 radical (unpaired) electrons. The normalized spacial score (nSPS) is 22.4. The number of aliphatic carboxylic acids is 1. The minimum Gasteiger partial charge on any atom is -0.478 e. The summed E-state index contributed by atoms with van der Waals surface area (Å²) in [6, 6.07) is 6.81. The van der Waals surface area contributed by atoms with Gasteiger partial charge >= 0.3 is 5.97 Å². The Labute approximate surface area is 127 Å². The van der Waals surface area contributed by atoms with Crippen LogP contribution in [-0.2, 0) is 4.79 Å². The molecule has 0 spiro atoms. The van der Waals surface area contributed by atoms with E-state index >= 15 is 0 Å². The van der Waals surface area contributed by atoms with Crippen LogP contribution in [0.15, 0.2) is 24.3 Å². The Bertz CT molecular complexity index is 528. The largest absolute Gasteiger partial charge is 0.478 e. The lowest BCUT2D eigenvalue weighted by molar-refractivity contribution is -0.131. The molecule has 3 heteroatoms. The van der Waals surface area contributed by atoms with Crippen LogP contribution >= 0.6 is 0 Å². The number of rotatable bonds is 4. The molecule has 1 aliphatic carbocycles. The smallest absolute Gasteiger partial charge is 0.328 e. The van der Waals surface area contributed by atoms with E-state index in [1.54, 1.807) is 6.08 Å². The number of aryl methyl sites for hydroxylation is 1. The van der Waals surface area contributed by atoms with Crippen LogP contribution < -0.4 is 4.90 Å². The van der Waals surface area contributed by atoms with Gasteiger partial charge in [0.1, 0.15) is 0 Å². The second kappa shape index (κ2) is 6.79. The number of carboxylic acids is 1. The van der Waals surface area contributed by atoms with E-state index in [0.29, 0.717) is 6.04 Å². The van der Waals surface area contributed by atoms with E-state index in [1.807, 2.05) is 6.92 Å². The fraction of sp³-hybridized carbons (Fsp3) is 0.500. The average molecular weight is 287 g/mol. The first-order chi connectivity index (χ1) is 9.97. The lowest BCUT2D eigenvalue weighted by atomic mass is 9.86. The summed E-state index contributed by atoms with van der Waals surface area (Å²) in [4.78, 5) is 13.1. The number of carboxylic acid groups (broad SMARTS) is 1. The van der Waals surface area contributed by atoms with E-state index in [-0.39, 0.29) is 0 Å². The molecule has 1 N–H and O–H groups in total. The molecule has 1 saturated carbocycles. The van der Waals surface area contributed by atoms with Crippen molar-refractivity contribution in [3.05, 3.63) is 35.4 Å². The quantitative estimate of drug-likeness (QED) is 0.847. The van der Waals surface area contributed by atoms with Crippen LogP contribution in [0.1, 0.15) is 43.7 Å². The third kappa shape index (κ3) is 4.10. The maximum Gasteiger partial charge on any atom is 0.328 e. The molecule has 0 saturated heterocycles. The molecule has 0 aromatic heterocycles. The number of hydrogen-bond donors (Lipinski definition) is 1. The van der Waals surface area contributed by atoms with Crippen LogP contribution in [0.3, 0.4) is 0 Å². The van der Waals surface area contributed by atoms with Crippen molar-refractivity contribution >= 4 is 17.7 Å². The first kappa shape index (κ1) is 15.6. The SMILES string of the molecule is Cc1ccc(N(C)C2CCC(C)CC2)c(/C=C/C(=O)O)c1. The van der Waals surface area contributed by atoms with Crippen molar-refractivity contribution in [2.75, 3.05) is 11.9 Å². The lowest BCUT2D eigenvalue weighted by Crippen LogP contribution is -2.35. The summed E-state index contributed by atoms with van der Waals surface area (Å²) in [6.45, 7) is 4.35. The van der Waals surface area contributed by atoms with Gasteiger partial charge in [-0.15, -0.1) is 0 Å². The lowest BCUT2D eigenvalue weighted by Gasteiger charge is -2.36. The molecule has 0 atom stereocenters. The van der Waals surface area contributed by atoms with E-state index in [0.717, 1.165) is 22.7 Å². The van der Waals surface area contributed by atoms with Crippen LogP contribution in [0, 0.1) is 12.8 Å². The van der Waals surface area contributed by atoms with E-state index in [1.165, 1.54) is 31.8 Å². The molecule has 1 fully saturated rings. The maximum absolute atomic E-state index is 10.8. The van der Waals surface area contributed by atoms with Crippen molar-refractivity contribution in [2.45, 2.75) is 45.6 Å². The summed E-state index contributed by atoms with van der Waals surface area (Å²) in [5.41, 5.74) is 3.26. The Balaban J connectivity index is 2.23. The molecule has 0 heterocycles. The molecule has 1 aliphatic rings. The topological polar surface area (TPSA) is 40.5 Å². The molecule has 21 heavy (non-hydrogen) atoms. The monoisotopic (exact) mass is 287 g/mol. The first-order valence-corrected chi connectivity index (χ1v) is 7.72. The highest BCUT2D eigenvalue weighted by Crippen LogP contribution is 2.31. The highest BCUT2D eigenvalue weighted by atomic mass is 16.4. The minimum atomic E-state index is -0.906. The molecular formula is C18H25NO2. The van der Waals surface area contributed by atoms with Gasteiger partial charge in [0.15, 0.2) is 0 Å². The van der Waals surface area contributed by atoms with E-state index in [9.17, 15) is 4.79 Å². The van der Waals surface area contributed by atoms with Crippen molar-refractivity contribution in [3.63, 3.8) is 0 Å². The zero-order valence-corrected chi connectivity index (χ0v) is 13.2. The molecule has 1 aromatic rings. The zero-order valence-electron chi connectivity index (χ0n) is 13.2. The van der Waals surface area contributed by atoms with Gasteiger partial charge in [-0.2, -0.15) is 0 Å². The van der Waals surface area contributed by atoms with E-state index in [4.69, 9.17) is 5.11 Å². The van der Waals surface area contributed by atoms with Crippen molar-refractivity contribution in [1.82, 2.24) is 0 Å². The van der Waals surface area contributed by atoms with Gasteiger partial charge in [0.2, 0.25) is 0 Å². The Hall–Kier alpha value is -1.77. The van der Waals surface area contributed by atoms with Crippen LogP contribution in [0.25, 0.3) is 6.08 Å². The zero-order chi connectivity index (χ0) is 15.4. The molecular weight excluding hydrogens is 262 g/mol. The molecule has 0 unspecified atom stereocenters. The molecule has 0 aliphatic heterocycles. The summed E-state index contributed by atoms with van der Waals surface area (Å²) in [5.74, 6) is -0.0735. The van der Waals surface area contributed by atoms with Crippen molar-refractivity contribution in [1.29, 1.82) is 0 Å². The Morgan fingerprint density at radius 3 is 2.57 bits per heavy atom. The Morgan fingerprint density at radius 1 is 1.29 bits per heavy atom. The second-order valence-electron chi connectivity index (χ2n) is 6.26. The number of hydrogen-bond acceptors (Lipinski definition) is 2. The van der Waals surface area contributed by atoms with Gasteiger partial charge in [-0.05, 0) is 62.3 Å². The van der Waals surface area contributed by atoms with Gasteiger partial charge in [0, 0.05) is 24.9 Å². The molecule has 1 aromatic carbocycles. The van der Waals surface area contributed by atoms with Crippen LogP contribution in [-0.4, -0.2) is 24.2 Å². The average Bonchev–Trinajstić information content (AvgIpc) is 2.45. The number of anilines is 1. The first-order valence-electron chi connectivity index (χ1n) is 7.72. The molecule has 0 amide bonds. The third-order valence-electron chi connectivity index (χ3n) is 4.50. The highest BCUT2D eigenvalue weighted by molar-refractivity contribution is 5.87. The predicted octanol–water partition coefficient (Wildman–Crippen LogP) is 4.11. The standard InChI is InChI=1S/C18H25NO2/c1-13-4-8-16(9-5-13)19(3)17-10-6-14(2)12-15(17)7-11-18(20)21/h6-7,10-13,16H,4-5,8-9H2,1-3H3,(H,20,21)/b11-7+. The van der Waals surface area contributed by atoms with Crippen LogP contribution in [0.2, 0.25) is 0 Å². The molecule has 114 valence electrons. The Kier molecular flexibility index (Phi) is 5.05. The Morgan fingerprint density at radius 2 is 1.95 bits per heavy atom. The van der Waals surface area contributed by atoms with Gasteiger partial charge in [-0.1, -0.05) is 18.6 Å². The molecule has 0 bridgehead atoms. The fourth-order valence-corrected chi connectivity index (χ4v) is 3.12. The molecule has 3 nitrogen and oxygen atoms in total. The summed E-state index contributed by atoms with van der Waals surface area (Å²) >= 11 is 0. The van der Waals surface area contributed by atoms with Crippen LogP contribution in [0.5, 0.6) is 0 Å². The summed E-state index contributed by atoms with van der Waals surface area (Å²) in [5, 5.41) is 8.85.